The largest absolute Gasteiger partial charge is 0.374 e. The predicted molar refractivity (Wildman–Crippen MR) is 56.9 cm³/mol. The number of nitrogens with one attached hydrogen (secondary N) is 2. The van der Waals surface area contributed by atoms with Gasteiger partial charge in [0.05, 0.1) is 6.61 Å². The molecule has 1 rings (SSSR count). The molecule has 0 unspecified atom stereocenters. The first-order chi connectivity index (χ1) is 7.72. The van der Waals surface area contributed by atoms with Crippen molar-refractivity contribution in [3.63, 3.8) is 0 Å². The Hall–Kier alpha value is -1.50. The minimum atomic E-state index is -2.42. The van der Waals surface area contributed by atoms with Crippen LogP contribution in [0.2, 0.25) is 0 Å². The quantitative estimate of drug-likeness (QED) is 0.692. The second-order valence-corrected chi connectivity index (χ2v) is 2.91. The molecule has 0 aliphatic carbocycles. The Balaban J connectivity index is 2.21. The summed E-state index contributed by atoms with van der Waals surface area (Å²) in [5.74, 6) is 1.12. The van der Waals surface area contributed by atoms with Crippen LogP contribution in [0.1, 0.15) is 0 Å². The Morgan fingerprint density at radius 3 is 3.00 bits per heavy atom. The second kappa shape index (κ2) is 6.89. The molecule has 0 spiro atoms. The highest BCUT2D eigenvalue weighted by Gasteiger charge is 2.01. The third kappa shape index (κ3) is 4.83. The van der Waals surface area contributed by atoms with Crippen LogP contribution in [0.25, 0.3) is 0 Å². The lowest BCUT2D eigenvalue weighted by atomic mass is 10.5. The lowest BCUT2D eigenvalue weighted by Gasteiger charge is -2.07. The maximum absolute atomic E-state index is 11.7. The predicted octanol–water partition coefficient (Wildman–Crippen LogP) is 1.21. The fourth-order valence-electron chi connectivity index (χ4n) is 1.00. The molecule has 0 radical (unpaired) electrons. The average Bonchev–Trinajstić information content (AvgIpc) is 2.28. The van der Waals surface area contributed by atoms with E-state index in [2.05, 4.69) is 20.6 Å². The number of halogens is 2. The van der Waals surface area contributed by atoms with E-state index in [-0.39, 0.29) is 6.61 Å². The molecule has 0 bridgehead atoms. The third-order valence-corrected chi connectivity index (χ3v) is 1.68. The monoisotopic (exact) mass is 232 g/mol. The van der Waals surface area contributed by atoms with E-state index < -0.39 is 13.0 Å². The van der Waals surface area contributed by atoms with E-state index in [1.165, 1.54) is 0 Å². The Morgan fingerprint density at radius 1 is 1.50 bits per heavy atom. The van der Waals surface area contributed by atoms with Crippen LogP contribution in [-0.4, -0.2) is 43.2 Å². The summed E-state index contributed by atoms with van der Waals surface area (Å²) in [4.78, 5) is 8.02. The summed E-state index contributed by atoms with van der Waals surface area (Å²) in [7, 11) is 1.71. The highest BCUT2D eigenvalue weighted by atomic mass is 19.3. The van der Waals surface area contributed by atoms with Crippen LogP contribution >= 0.6 is 0 Å². The van der Waals surface area contributed by atoms with Gasteiger partial charge in [0.15, 0.2) is 0 Å². The lowest BCUT2D eigenvalue weighted by molar-refractivity contribution is 0.0215. The van der Waals surface area contributed by atoms with E-state index in [4.69, 9.17) is 4.74 Å². The van der Waals surface area contributed by atoms with Crippen molar-refractivity contribution in [3.8, 4) is 0 Å². The number of alkyl halides is 2. The normalized spacial score (nSPS) is 10.5. The summed E-state index contributed by atoms with van der Waals surface area (Å²) in [5, 5.41) is 5.72. The van der Waals surface area contributed by atoms with Crippen molar-refractivity contribution in [2.24, 2.45) is 0 Å². The maximum atomic E-state index is 11.7. The second-order valence-electron chi connectivity index (χ2n) is 2.91. The molecule has 0 aliphatic heterocycles. The van der Waals surface area contributed by atoms with Gasteiger partial charge in [0.2, 0.25) is 5.95 Å². The van der Waals surface area contributed by atoms with Crippen LogP contribution in [0.15, 0.2) is 12.3 Å². The number of hydrogen-bond acceptors (Lipinski definition) is 5. The molecular weight excluding hydrogens is 218 g/mol. The van der Waals surface area contributed by atoms with E-state index >= 15 is 0 Å². The number of rotatable bonds is 7. The Morgan fingerprint density at radius 2 is 2.31 bits per heavy atom. The molecule has 0 saturated carbocycles. The summed E-state index contributed by atoms with van der Waals surface area (Å²) in [6.45, 7) is 0.101. The minimum Gasteiger partial charge on any atom is -0.374 e. The van der Waals surface area contributed by atoms with Crippen LogP contribution < -0.4 is 10.6 Å². The van der Waals surface area contributed by atoms with Crippen molar-refractivity contribution in [1.29, 1.82) is 0 Å². The fourth-order valence-corrected chi connectivity index (χ4v) is 1.00. The fraction of sp³-hybridized carbons (Fsp3) is 0.556. The van der Waals surface area contributed by atoms with Crippen LogP contribution in [0.3, 0.4) is 0 Å². The number of aromatic nitrogens is 2. The van der Waals surface area contributed by atoms with Gasteiger partial charge in [-0.15, -0.1) is 0 Å². The Bertz CT molecular complexity index is 311. The summed E-state index contributed by atoms with van der Waals surface area (Å²) in [6.07, 6.45) is -0.823. The topological polar surface area (TPSA) is 59.1 Å². The molecule has 0 saturated heterocycles. The zero-order valence-electron chi connectivity index (χ0n) is 8.91. The van der Waals surface area contributed by atoms with Gasteiger partial charge in [0, 0.05) is 19.8 Å². The average molecular weight is 232 g/mol. The molecule has 5 nitrogen and oxygen atoms in total. The van der Waals surface area contributed by atoms with Crippen LogP contribution in [0.5, 0.6) is 0 Å². The first-order valence-corrected chi connectivity index (χ1v) is 4.83. The molecule has 0 fully saturated rings. The summed E-state index contributed by atoms with van der Waals surface area (Å²) in [5.41, 5.74) is 0. The summed E-state index contributed by atoms with van der Waals surface area (Å²) in [6, 6.07) is 1.69. The van der Waals surface area contributed by atoms with Crippen molar-refractivity contribution >= 4 is 11.8 Å². The molecule has 90 valence electrons. The van der Waals surface area contributed by atoms with Crippen molar-refractivity contribution in [2.75, 3.05) is 37.4 Å². The van der Waals surface area contributed by atoms with Crippen molar-refractivity contribution in [2.45, 2.75) is 6.43 Å². The smallest absolute Gasteiger partial charge is 0.261 e. The SMILES string of the molecule is CNc1nccc(NCCOCC(F)F)n1. The molecule has 0 aliphatic rings. The molecule has 7 heteroatoms. The van der Waals surface area contributed by atoms with Gasteiger partial charge < -0.3 is 15.4 Å². The van der Waals surface area contributed by atoms with Gasteiger partial charge in [-0.05, 0) is 6.07 Å². The highest BCUT2D eigenvalue weighted by Crippen LogP contribution is 2.04. The van der Waals surface area contributed by atoms with Gasteiger partial charge in [0.1, 0.15) is 12.4 Å². The van der Waals surface area contributed by atoms with Crippen molar-refractivity contribution in [3.05, 3.63) is 12.3 Å². The maximum Gasteiger partial charge on any atom is 0.261 e. The van der Waals surface area contributed by atoms with E-state index in [9.17, 15) is 8.78 Å². The molecule has 0 amide bonds. The van der Waals surface area contributed by atoms with E-state index in [1.54, 1.807) is 19.3 Å². The van der Waals surface area contributed by atoms with Gasteiger partial charge in [-0.1, -0.05) is 0 Å². The van der Waals surface area contributed by atoms with Gasteiger partial charge in [0.25, 0.3) is 6.43 Å². The zero-order chi connectivity index (χ0) is 11.8. The minimum absolute atomic E-state index is 0.212. The molecule has 1 aromatic rings. The van der Waals surface area contributed by atoms with E-state index in [0.29, 0.717) is 18.3 Å². The molecule has 1 heterocycles. The third-order valence-electron chi connectivity index (χ3n) is 1.68. The number of ether oxygens (including phenoxy) is 1. The van der Waals surface area contributed by atoms with Crippen LogP contribution in [0.4, 0.5) is 20.5 Å². The molecule has 2 N–H and O–H groups in total. The molecule has 1 aromatic heterocycles. The summed E-state index contributed by atoms with van der Waals surface area (Å²) < 4.78 is 28.1. The Labute approximate surface area is 92.2 Å². The lowest BCUT2D eigenvalue weighted by Crippen LogP contribution is -2.14. The molecule has 16 heavy (non-hydrogen) atoms. The molecule has 0 aromatic carbocycles. The van der Waals surface area contributed by atoms with Gasteiger partial charge in [-0.25, -0.2) is 13.8 Å². The van der Waals surface area contributed by atoms with Gasteiger partial charge >= 0.3 is 0 Å². The van der Waals surface area contributed by atoms with E-state index in [1.807, 2.05) is 0 Å². The summed E-state index contributed by atoms with van der Waals surface area (Å²) >= 11 is 0. The number of anilines is 2. The van der Waals surface area contributed by atoms with E-state index in [0.717, 1.165) is 0 Å². The van der Waals surface area contributed by atoms with Gasteiger partial charge in [-0.2, -0.15) is 4.98 Å². The number of nitrogens with zero attached hydrogens (tertiary/aromatic N) is 2. The Kier molecular flexibility index (Phi) is 5.41. The van der Waals surface area contributed by atoms with Crippen LogP contribution in [0, 0.1) is 0 Å². The molecular formula is C9H14F2N4O. The first kappa shape index (κ1) is 12.6. The standard InChI is InChI=1S/C9H14F2N4O/c1-12-9-14-3-2-8(15-9)13-4-5-16-6-7(10)11/h2-3,7H,4-6H2,1H3,(H2,12,13,14,15). The van der Waals surface area contributed by atoms with Crippen molar-refractivity contribution < 1.29 is 13.5 Å². The highest BCUT2D eigenvalue weighted by molar-refractivity contribution is 5.38. The van der Waals surface area contributed by atoms with Crippen molar-refractivity contribution in [1.82, 2.24) is 9.97 Å². The molecule has 0 atom stereocenters. The first-order valence-electron chi connectivity index (χ1n) is 4.83. The van der Waals surface area contributed by atoms with Crippen LogP contribution in [-0.2, 0) is 4.74 Å². The van der Waals surface area contributed by atoms with Gasteiger partial charge in [-0.3, -0.25) is 0 Å². The number of hydrogen-bond donors (Lipinski definition) is 2. The zero-order valence-corrected chi connectivity index (χ0v) is 8.91.